The van der Waals surface area contributed by atoms with Crippen molar-refractivity contribution in [3.05, 3.63) is 95.6 Å². The fourth-order valence-corrected chi connectivity index (χ4v) is 3.58. The molecule has 0 aliphatic carbocycles. The van der Waals surface area contributed by atoms with Crippen molar-refractivity contribution in [2.24, 2.45) is 5.73 Å². The fourth-order valence-electron chi connectivity index (χ4n) is 3.58. The van der Waals surface area contributed by atoms with Crippen molar-refractivity contribution in [3.63, 3.8) is 0 Å². The van der Waals surface area contributed by atoms with Gasteiger partial charge < -0.3 is 10.7 Å². The first kappa shape index (κ1) is 15.7. The second kappa shape index (κ2) is 6.58. The van der Waals surface area contributed by atoms with Crippen LogP contribution < -0.4 is 5.73 Å². The first-order valence-corrected chi connectivity index (χ1v) is 8.70. The van der Waals surface area contributed by atoms with Crippen molar-refractivity contribution in [3.8, 4) is 11.3 Å². The maximum absolute atomic E-state index is 6.24. The average Bonchev–Trinajstić information content (AvgIpc) is 3.04. The van der Waals surface area contributed by atoms with Crippen molar-refractivity contribution in [2.75, 3.05) is 6.54 Å². The highest BCUT2D eigenvalue weighted by Crippen LogP contribution is 2.38. The van der Waals surface area contributed by atoms with E-state index < -0.39 is 0 Å². The van der Waals surface area contributed by atoms with Gasteiger partial charge in [0.05, 0.1) is 5.69 Å². The molecule has 0 amide bonds. The zero-order valence-corrected chi connectivity index (χ0v) is 14.4. The van der Waals surface area contributed by atoms with Gasteiger partial charge in [-0.3, -0.25) is 0 Å². The van der Waals surface area contributed by atoms with Crippen LogP contribution in [0.15, 0.2) is 78.9 Å². The highest BCUT2D eigenvalue weighted by molar-refractivity contribution is 5.92. The number of hydrogen-bond donors (Lipinski definition) is 2. The Morgan fingerprint density at radius 3 is 2.24 bits per heavy atom. The molecule has 0 fully saturated rings. The predicted octanol–water partition coefficient (Wildman–Crippen LogP) is 5.23. The molecule has 0 aliphatic heterocycles. The molecular weight excluding hydrogens is 304 g/mol. The van der Waals surface area contributed by atoms with E-state index in [-0.39, 0.29) is 5.92 Å². The maximum Gasteiger partial charge on any atom is 0.0504 e. The molecule has 0 spiro atoms. The van der Waals surface area contributed by atoms with E-state index in [1.807, 2.05) is 6.07 Å². The van der Waals surface area contributed by atoms with Gasteiger partial charge >= 0.3 is 0 Å². The Labute approximate surface area is 148 Å². The van der Waals surface area contributed by atoms with Gasteiger partial charge in [0.2, 0.25) is 0 Å². The van der Waals surface area contributed by atoms with Crippen molar-refractivity contribution < 1.29 is 0 Å². The van der Waals surface area contributed by atoms with Gasteiger partial charge in [-0.2, -0.15) is 0 Å². The van der Waals surface area contributed by atoms with E-state index in [0.29, 0.717) is 6.54 Å². The number of para-hydroxylation sites is 1. The number of fused-ring (bicyclic) bond motifs is 1. The molecule has 2 heteroatoms. The first-order valence-electron chi connectivity index (χ1n) is 8.70. The zero-order valence-electron chi connectivity index (χ0n) is 14.4. The molecule has 1 heterocycles. The monoisotopic (exact) mass is 326 g/mol. The number of hydrogen-bond acceptors (Lipinski definition) is 1. The molecule has 3 aromatic carbocycles. The standard InChI is InChI=1S/C23H22N2/c1-16-11-13-18(14-12-16)23-22(19-9-5-6-10-21(19)25-23)20(15-24)17-7-3-2-4-8-17/h2-14,20,25H,15,24H2,1H3. The number of nitrogens with two attached hydrogens (primary N) is 1. The Morgan fingerprint density at radius 2 is 1.52 bits per heavy atom. The molecule has 25 heavy (non-hydrogen) atoms. The normalized spacial score (nSPS) is 12.4. The zero-order chi connectivity index (χ0) is 17.2. The van der Waals surface area contributed by atoms with Crippen molar-refractivity contribution in [2.45, 2.75) is 12.8 Å². The van der Waals surface area contributed by atoms with Gasteiger partial charge in [-0.25, -0.2) is 0 Å². The van der Waals surface area contributed by atoms with Crippen LogP contribution in [0.5, 0.6) is 0 Å². The summed E-state index contributed by atoms with van der Waals surface area (Å²) >= 11 is 0. The van der Waals surface area contributed by atoms with Crippen molar-refractivity contribution in [1.82, 2.24) is 4.98 Å². The van der Waals surface area contributed by atoms with Crippen LogP contribution in [0, 0.1) is 6.92 Å². The molecule has 0 bridgehead atoms. The minimum absolute atomic E-state index is 0.161. The van der Waals surface area contributed by atoms with Crippen molar-refractivity contribution >= 4 is 10.9 Å². The fraction of sp³-hybridized carbons (Fsp3) is 0.130. The number of aromatic nitrogens is 1. The summed E-state index contributed by atoms with van der Waals surface area (Å²) in [6, 6.07) is 27.7. The minimum Gasteiger partial charge on any atom is -0.354 e. The van der Waals surface area contributed by atoms with Gasteiger partial charge in [0, 0.05) is 23.4 Å². The molecule has 3 N–H and O–H groups in total. The molecule has 124 valence electrons. The molecule has 1 atom stereocenters. The summed E-state index contributed by atoms with van der Waals surface area (Å²) in [5.41, 5.74) is 13.6. The van der Waals surface area contributed by atoms with E-state index in [0.717, 1.165) is 5.52 Å². The molecule has 0 radical (unpaired) electrons. The van der Waals surface area contributed by atoms with E-state index in [4.69, 9.17) is 5.73 Å². The summed E-state index contributed by atoms with van der Waals surface area (Å²) in [5.74, 6) is 0.161. The number of benzene rings is 3. The third-order valence-corrected chi connectivity index (χ3v) is 4.87. The van der Waals surface area contributed by atoms with Crippen molar-refractivity contribution in [1.29, 1.82) is 0 Å². The largest absolute Gasteiger partial charge is 0.354 e. The van der Waals surface area contributed by atoms with E-state index in [2.05, 4.69) is 84.7 Å². The Kier molecular flexibility index (Phi) is 4.12. The third-order valence-electron chi connectivity index (χ3n) is 4.87. The average molecular weight is 326 g/mol. The molecular formula is C23H22N2. The molecule has 4 aromatic rings. The maximum atomic E-state index is 6.24. The first-order chi connectivity index (χ1) is 12.3. The van der Waals surface area contributed by atoms with Gasteiger partial charge in [0.25, 0.3) is 0 Å². The van der Waals surface area contributed by atoms with Gasteiger partial charge in [0.15, 0.2) is 0 Å². The smallest absolute Gasteiger partial charge is 0.0504 e. The number of aryl methyl sites for hydroxylation is 1. The van der Waals surface area contributed by atoms with Gasteiger partial charge in [0.1, 0.15) is 0 Å². The van der Waals surface area contributed by atoms with Crippen LogP contribution >= 0.6 is 0 Å². The minimum atomic E-state index is 0.161. The Bertz CT molecular complexity index is 982. The lowest BCUT2D eigenvalue weighted by atomic mass is 9.87. The molecule has 1 unspecified atom stereocenters. The lowest BCUT2D eigenvalue weighted by Crippen LogP contribution is -2.14. The van der Waals surface area contributed by atoms with E-state index in [1.54, 1.807) is 0 Å². The summed E-state index contributed by atoms with van der Waals surface area (Å²) in [7, 11) is 0. The number of rotatable bonds is 4. The second-order valence-electron chi connectivity index (χ2n) is 6.52. The van der Waals surface area contributed by atoms with Gasteiger partial charge in [-0.15, -0.1) is 0 Å². The number of nitrogens with one attached hydrogen (secondary N) is 1. The summed E-state index contributed by atoms with van der Waals surface area (Å²) in [4.78, 5) is 3.63. The summed E-state index contributed by atoms with van der Waals surface area (Å²) in [6.45, 7) is 2.69. The highest BCUT2D eigenvalue weighted by atomic mass is 14.7. The Hall–Kier alpha value is -2.84. The molecule has 4 rings (SSSR count). The molecule has 2 nitrogen and oxygen atoms in total. The summed E-state index contributed by atoms with van der Waals surface area (Å²) < 4.78 is 0. The molecule has 1 aromatic heterocycles. The van der Waals surface area contributed by atoms with Gasteiger partial charge in [-0.1, -0.05) is 78.4 Å². The van der Waals surface area contributed by atoms with Crippen LogP contribution in [0.3, 0.4) is 0 Å². The van der Waals surface area contributed by atoms with Crippen LogP contribution in [0.1, 0.15) is 22.6 Å². The summed E-state index contributed by atoms with van der Waals surface area (Å²) in [5, 5.41) is 1.25. The van der Waals surface area contributed by atoms with Crippen LogP contribution in [0.2, 0.25) is 0 Å². The predicted molar refractivity (Wildman–Crippen MR) is 106 cm³/mol. The number of aromatic amines is 1. The topological polar surface area (TPSA) is 41.8 Å². The number of H-pyrrole nitrogens is 1. The van der Waals surface area contributed by atoms with E-state index in [9.17, 15) is 0 Å². The third kappa shape index (κ3) is 2.86. The lowest BCUT2D eigenvalue weighted by Gasteiger charge is -2.17. The van der Waals surface area contributed by atoms with Crippen LogP contribution in [0.4, 0.5) is 0 Å². The summed E-state index contributed by atoms with van der Waals surface area (Å²) in [6.07, 6.45) is 0. The molecule has 0 saturated carbocycles. The second-order valence-corrected chi connectivity index (χ2v) is 6.52. The quantitative estimate of drug-likeness (QED) is 0.529. The van der Waals surface area contributed by atoms with Gasteiger partial charge in [-0.05, 0) is 29.7 Å². The Morgan fingerprint density at radius 1 is 0.840 bits per heavy atom. The Balaban J connectivity index is 1.97. The molecule has 0 saturated heterocycles. The van der Waals surface area contributed by atoms with E-state index >= 15 is 0 Å². The van der Waals surface area contributed by atoms with Crippen LogP contribution in [0.25, 0.3) is 22.2 Å². The van der Waals surface area contributed by atoms with E-state index in [1.165, 1.54) is 33.3 Å². The SMILES string of the molecule is Cc1ccc(-c2[nH]c3ccccc3c2C(CN)c2ccccc2)cc1. The lowest BCUT2D eigenvalue weighted by molar-refractivity contribution is 0.827. The van der Waals surface area contributed by atoms with Crippen LogP contribution in [-0.2, 0) is 0 Å². The molecule has 0 aliphatic rings. The van der Waals surface area contributed by atoms with Crippen LogP contribution in [-0.4, -0.2) is 11.5 Å². The highest BCUT2D eigenvalue weighted by Gasteiger charge is 2.22.